The number of ether oxygens (including phenoxy) is 4. The van der Waals surface area contributed by atoms with Crippen molar-refractivity contribution >= 4 is 198 Å². The third-order valence-electron chi connectivity index (χ3n) is 18.0. The molecule has 0 aromatic rings. The van der Waals surface area contributed by atoms with Crippen molar-refractivity contribution in [3.63, 3.8) is 0 Å². The number of carbonyl (C=O) groups excluding carboxylic acids is 15. The van der Waals surface area contributed by atoms with Gasteiger partial charge in [-0.15, -0.1) is 0 Å². The van der Waals surface area contributed by atoms with Crippen LogP contribution < -0.4 is 0 Å². The SMILES string of the molecule is CC(C)=C1SC(=O)C1(C)C.CC(C)=CCCC1(C)CC(=O)S1.CCC1(CC)C(=O)SC1=O.CCC1(CO)CSC1=O.CCC1SC(=O)C1C.CCCCC1(CCCC)CSC1=O.CCOC(=O)/C=C1/CC(=O)S1.CCOC(=O)C1(C)CSC1=O.COC(=O)C1(C)CSC1=O.COC(=O)C1CSC1=O. The number of esters is 4. The minimum Gasteiger partial charge on any atom is -0.468 e. The Hall–Kier alpha value is -3.07. The summed E-state index contributed by atoms with van der Waals surface area (Å²) in [7, 11) is 2.59. The van der Waals surface area contributed by atoms with Crippen molar-refractivity contribution < 1.29 is 96.0 Å². The Morgan fingerprint density at radius 1 is 0.563 bits per heavy atom. The average molecular weight is 1630 g/mol. The van der Waals surface area contributed by atoms with Crippen LogP contribution in [0, 0.1) is 44.3 Å². The second-order valence-electron chi connectivity index (χ2n) is 27.1. The van der Waals surface area contributed by atoms with Crippen LogP contribution in [0.5, 0.6) is 0 Å². The molecule has 7 atom stereocenters. The number of carbonyl (C=O) groups is 15. The number of rotatable bonds is 20. The maximum absolute atomic E-state index is 11.5. The molecule has 0 spiro atoms. The Morgan fingerprint density at radius 3 is 1.26 bits per heavy atom. The van der Waals surface area contributed by atoms with Gasteiger partial charge in [-0.1, -0.05) is 197 Å². The summed E-state index contributed by atoms with van der Waals surface area (Å²) in [6.07, 6.45) is 17.4. The molecule has 20 nitrogen and oxygen atoms in total. The molecule has 10 fully saturated rings. The Morgan fingerprint density at radius 2 is 1.06 bits per heavy atom. The van der Waals surface area contributed by atoms with E-state index in [-0.39, 0.29) is 75.3 Å². The summed E-state index contributed by atoms with van der Waals surface area (Å²) >= 11 is 12.7. The Bertz CT molecular complexity index is 3090. The third-order valence-corrected chi connectivity index (χ3v) is 31.4. The van der Waals surface area contributed by atoms with E-state index in [1.165, 1.54) is 156 Å². The summed E-state index contributed by atoms with van der Waals surface area (Å²) in [5.74, 6) is 1.89. The Labute approximate surface area is 653 Å². The number of aliphatic hydroxyl groups excluding tert-OH is 1. The molecule has 10 saturated heterocycles. The van der Waals surface area contributed by atoms with Crippen LogP contribution in [0.15, 0.2) is 33.1 Å². The highest BCUT2D eigenvalue weighted by Crippen LogP contribution is 2.53. The molecular weight excluding hydrogens is 1520 g/mol. The van der Waals surface area contributed by atoms with E-state index in [1.54, 1.807) is 27.7 Å². The van der Waals surface area contributed by atoms with Gasteiger partial charge in [-0.2, -0.15) is 0 Å². The molecule has 30 heteroatoms. The smallest absolute Gasteiger partial charge is 0.331 e. The second kappa shape index (κ2) is 46.4. The number of unbranched alkanes of at least 4 members (excludes halogenated alkanes) is 2. The predicted molar refractivity (Wildman–Crippen MR) is 426 cm³/mol. The molecule has 10 aliphatic heterocycles. The van der Waals surface area contributed by atoms with Crippen molar-refractivity contribution in [3.05, 3.63) is 33.1 Å². The molecule has 0 saturated carbocycles. The standard InChI is InChI=1S/C11H20OS.C10H16OS.C8H12OS.C7H10O3S.C7H8O3S.C7H10O2S.C6H8O3S.C6H10O2S.C6H10OS.C5H6O3S/c1-3-5-7-11(8-6-4-2)9-13-10(11)12;1-8(2)5-4-6-10(3)7-9(11)12-10;1-5(2)6-8(3,4)7(9)10-6;1-3-10-5(8)7(2)4-11-6(7)9;1-2-10-6(8)3-5-4-7(9)11-5;1-3-7(4-2)5(8)10-6(7)9;1-6(4(7)9-2)3-10-5(6)8;1-2-6(3-7)4-9-5(6)8;1-3-5-4(2)6(7)8-5;1-8-4(6)3-2-9-5(3)7/h3-9H2,1-2H3;5H,4,6-7H2,1-3H3;1-4H3;3-4H2,1-2H3;3H,2,4H2,1H3;3-4H2,1-2H3;3H2,1-2H3;7H,2-4H2,1H3;4-5H,3H2,1-2H3;3H,2H2,1H3/b;;;;5-3-;;;;;. The largest absolute Gasteiger partial charge is 0.468 e. The van der Waals surface area contributed by atoms with Crippen molar-refractivity contribution in [2.45, 2.75) is 225 Å². The molecule has 103 heavy (non-hydrogen) atoms. The third kappa shape index (κ3) is 28.4. The van der Waals surface area contributed by atoms with Crippen molar-refractivity contribution in [2.75, 3.05) is 62.8 Å². The molecule has 10 aliphatic rings. The van der Waals surface area contributed by atoms with E-state index in [0.717, 1.165) is 84.9 Å². The molecule has 0 bridgehead atoms. The van der Waals surface area contributed by atoms with Gasteiger partial charge in [0, 0.05) is 78.8 Å². The van der Waals surface area contributed by atoms with E-state index in [9.17, 15) is 71.9 Å². The number of hydrogen-bond acceptors (Lipinski definition) is 30. The quantitative estimate of drug-likeness (QED) is 0.0389. The maximum atomic E-state index is 11.5. The number of hydrogen-bond donors (Lipinski definition) is 1. The van der Waals surface area contributed by atoms with Crippen LogP contribution in [-0.4, -0.2) is 158 Å². The van der Waals surface area contributed by atoms with Crippen molar-refractivity contribution in [1.29, 1.82) is 0 Å². The zero-order chi connectivity index (χ0) is 79.1. The minimum atomic E-state index is -0.848. The van der Waals surface area contributed by atoms with Gasteiger partial charge in [-0.3, -0.25) is 67.1 Å². The highest BCUT2D eigenvalue weighted by Gasteiger charge is 2.54. The molecule has 0 aromatic carbocycles. The fourth-order valence-electron chi connectivity index (χ4n) is 9.87. The molecule has 0 aliphatic carbocycles. The van der Waals surface area contributed by atoms with E-state index >= 15 is 0 Å². The first-order valence-electron chi connectivity index (χ1n) is 34.7. The van der Waals surface area contributed by atoms with Crippen LogP contribution in [0.25, 0.3) is 0 Å². The summed E-state index contributed by atoms with van der Waals surface area (Å²) in [6, 6.07) is 0. The van der Waals surface area contributed by atoms with Gasteiger partial charge < -0.3 is 24.1 Å². The van der Waals surface area contributed by atoms with Crippen LogP contribution in [-0.2, 0) is 90.9 Å². The van der Waals surface area contributed by atoms with E-state index in [1.807, 2.05) is 41.5 Å². The van der Waals surface area contributed by atoms with E-state index in [4.69, 9.17) is 9.84 Å². The molecule has 10 rings (SSSR count). The summed E-state index contributed by atoms with van der Waals surface area (Å²) in [6.45, 7) is 36.2. The minimum absolute atomic E-state index is 0.0231. The number of allylic oxidation sites excluding steroid dienone is 5. The van der Waals surface area contributed by atoms with Gasteiger partial charge in [0.15, 0.2) is 25.6 Å². The number of methoxy groups -OCH3 is 2. The molecule has 1 N–H and O–H groups in total. The molecule has 582 valence electrons. The zero-order valence-electron chi connectivity index (χ0n) is 63.7. The van der Waals surface area contributed by atoms with Gasteiger partial charge in [-0.25, -0.2) is 4.79 Å². The van der Waals surface area contributed by atoms with Gasteiger partial charge in [0.25, 0.3) is 0 Å². The lowest BCUT2D eigenvalue weighted by Crippen LogP contribution is -2.46. The maximum Gasteiger partial charge on any atom is 0.331 e. The lowest BCUT2D eigenvalue weighted by molar-refractivity contribution is -0.157. The topological polar surface area (TPSA) is 313 Å². The monoisotopic (exact) mass is 1630 g/mol. The van der Waals surface area contributed by atoms with Crippen LogP contribution in [0.3, 0.4) is 0 Å². The number of aliphatic hydroxyl groups is 1. The van der Waals surface area contributed by atoms with Gasteiger partial charge in [0.1, 0.15) is 22.2 Å². The van der Waals surface area contributed by atoms with E-state index < -0.39 is 34.1 Å². The summed E-state index contributed by atoms with van der Waals surface area (Å²) < 4.78 is 18.4. The van der Waals surface area contributed by atoms with E-state index in [2.05, 4.69) is 75.7 Å². The molecule has 0 amide bonds. The average Bonchev–Trinajstić information content (AvgIpc) is 0.701. The molecular formula is C73H110O20S10. The van der Waals surface area contributed by atoms with Gasteiger partial charge >= 0.3 is 23.9 Å². The Balaban J connectivity index is 0.000000574. The molecule has 0 aromatic heterocycles. The molecule has 10 heterocycles. The van der Waals surface area contributed by atoms with E-state index in [0.29, 0.717) is 81.4 Å². The molecule has 0 radical (unpaired) electrons. The van der Waals surface area contributed by atoms with Crippen molar-refractivity contribution in [1.82, 2.24) is 0 Å². The van der Waals surface area contributed by atoms with Crippen molar-refractivity contribution in [2.24, 2.45) is 44.3 Å². The Kier molecular flexibility index (Phi) is 44.2. The highest BCUT2D eigenvalue weighted by atomic mass is 32.2. The first-order valence-corrected chi connectivity index (χ1v) is 43.8. The van der Waals surface area contributed by atoms with Gasteiger partial charge in [-0.05, 0) is 139 Å². The number of thioether (sulfide) groups is 10. The highest BCUT2D eigenvalue weighted by molar-refractivity contribution is 8.29. The summed E-state index contributed by atoms with van der Waals surface area (Å²) in [5.41, 5.74) is -0.0702. The molecule has 7 unspecified atom stereocenters. The van der Waals surface area contributed by atoms with Crippen LogP contribution in [0.1, 0.15) is 215 Å². The fraction of sp³-hybridized carbons (Fsp3) is 0.712. The van der Waals surface area contributed by atoms with Gasteiger partial charge in [0.05, 0.1) is 44.9 Å². The normalized spacial score (nSPS) is 26.5. The van der Waals surface area contributed by atoms with Crippen molar-refractivity contribution in [3.8, 4) is 0 Å². The second-order valence-corrected chi connectivity index (χ2v) is 37.9. The lowest BCUT2D eigenvalue weighted by Gasteiger charge is -2.39. The van der Waals surface area contributed by atoms with Crippen LogP contribution in [0.4, 0.5) is 0 Å². The van der Waals surface area contributed by atoms with Crippen LogP contribution >= 0.6 is 118 Å². The first-order chi connectivity index (χ1) is 48.1. The zero-order valence-corrected chi connectivity index (χ0v) is 71.9. The lowest BCUT2D eigenvalue weighted by atomic mass is 9.80. The fourth-order valence-corrected chi connectivity index (χ4v) is 19.5. The van der Waals surface area contributed by atoms with Gasteiger partial charge in [0.2, 0.25) is 30.7 Å². The first kappa shape index (κ1) is 97.9. The van der Waals surface area contributed by atoms with Crippen LogP contribution in [0.2, 0.25) is 0 Å². The summed E-state index contributed by atoms with van der Waals surface area (Å²) in [5, 5.41) is 11.1. The summed E-state index contributed by atoms with van der Waals surface area (Å²) in [4.78, 5) is 165. The predicted octanol–water partition coefficient (Wildman–Crippen LogP) is 15.7.